The Morgan fingerprint density at radius 2 is 2.05 bits per heavy atom. The number of ether oxygens (including phenoxy) is 1. The number of hydrogen-bond acceptors (Lipinski definition) is 6. The van der Waals surface area contributed by atoms with Crippen molar-refractivity contribution >= 4 is 11.7 Å². The van der Waals surface area contributed by atoms with E-state index in [0.29, 0.717) is 18.3 Å². The monoisotopic (exact) mass is 304 g/mol. The van der Waals surface area contributed by atoms with Crippen molar-refractivity contribution in [2.24, 2.45) is 5.92 Å². The molecule has 0 unspecified atom stereocenters. The van der Waals surface area contributed by atoms with Gasteiger partial charge in [-0.25, -0.2) is 9.97 Å². The number of hydrogen-bond donors (Lipinski definition) is 1. The number of ketones is 1. The molecule has 0 bridgehead atoms. The van der Waals surface area contributed by atoms with Gasteiger partial charge < -0.3 is 10.1 Å². The molecule has 1 saturated heterocycles. The molecule has 0 radical (unpaired) electrons. The zero-order valence-corrected chi connectivity index (χ0v) is 13.4. The van der Waals surface area contributed by atoms with Gasteiger partial charge in [0.15, 0.2) is 5.78 Å². The zero-order valence-electron chi connectivity index (χ0n) is 13.4. The van der Waals surface area contributed by atoms with Gasteiger partial charge in [0.25, 0.3) is 0 Å². The van der Waals surface area contributed by atoms with E-state index in [4.69, 9.17) is 4.74 Å². The van der Waals surface area contributed by atoms with Crippen LogP contribution in [0.3, 0.4) is 0 Å². The summed E-state index contributed by atoms with van der Waals surface area (Å²) in [5.41, 5.74) is 2.46. The second-order valence-corrected chi connectivity index (χ2v) is 6.27. The lowest BCUT2D eigenvalue weighted by Crippen LogP contribution is -2.39. The molecule has 1 aliphatic carbocycles. The summed E-state index contributed by atoms with van der Waals surface area (Å²) in [6.07, 6.45) is 1.48. The largest absolute Gasteiger partial charge is 0.379 e. The van der Waals surface area contributed by atoms with E-state index in [9.17, 15) is 4.79 Å². The summed E-state index contributed by atoms with van der Waals surface area (Å²) in [5.74, 6) is 1.20. The first-order valence-corrected chi connectivity index (χ1v) is 8.08. The van der Waals surface area contributed by atoms with Crippen molar-refractivity contribution in [3.05, 3.63) is 17.0 Å². The summed E-state index contributed by atoms with van der Waals surface area (Å²) in [4.78, 5) is 23.5. The van der Waals surface area contributed by atoms with E-state index >= 15 is 0 Å². The van der Waals surface area contributed by atoms with Gasteiger partial charge in [-0.15, -0.1) is 0 Å². The van der Waals surface area contributed by atoms with Crippen LogP contribution < -0.4 is 5.32 Å². The molecular weight excluding hydrogens is 280 g/mol. The normalized spacial score (nSPS) is 22.5. The molecule has 22 heavy (non-hydrogen) atoms. The Kier molecular flexibility index (Phi) is 4.69. The fourth-order valence-electron chi connectivity index (χ4n) is 3.19. The number of nitrogens with one attached hydrogen (secondary N) is 1. The predicted molar refractivity (Wildman–Crippen MR) is 84.3 cm³/mol. The molecular formula is C16H24N4O2. The number of morpholine rings is 1. The van der Waals surface area contributed by atoms with E-state index < -0.39 is 0 Å². The van der Waals surface area contributed by atoms with Gasteiger partial charge in [0.05, 0.1) is 30.2 Å². The van der Waals surface area contributed by atoms with Crippen molar-refractivity contribution in [2.45, 2.75) is 26.7 Å². The molecule has 6 heteroatoms. The third-order valence-electron chi connectivity index (χ3n) is 4.33. The summed E-state index contributed by atoms with van der Waals surface area (Å²) >= 11 is 0. The van der Waals surface area contributed by atoms with Gasteiger partial charge in [0.1, 0.15) is 0 Å². The third kappa shape index (κ3) is 3.44. The van der Waals surface area contributed by atoms with Crippen LogP contribution in [0.25, 0.3) is 0 Å². The molecule has 6 nitrogen and oxygen atoms in total. The molecule has 1 aliphatic heterocycles. The molecule has 0 aromatic carbocycles. The third-order valence-corrected chi connectivity index (χ3v) is 4.33. The minimum atomic E-state index is 0.186. The highest BCUT2D eigenvalue weighted by Gasteiger charge is 2.26. The Morgan fingerprint density at radius 1 is 1.27 bits per heavy atom. The van der Waals surface area contributed by atoms with Crippen molar-refractivity contribution in [1.82, 2.24) is 14.9 Å². The number of anilines is 1. The van der Waals surface area contributed by atoms with Crippen LogP contribution in [-0.4, -0.2) is 60.0 Å². The molecule has 2 aliphatic rings. The molecule has 1 aromatic heterocycles. The van der Waals surface area contributed by atoms with Crippen LogP contribution in [0.1, 0.15) is 35.1 Å². The fourth-order valence-corrected chi connectivity index (χ4v) is 3.19. The Balaban J connectivity index is 1.63. The van der Waals surface area contributed by atoms with Crippen molar-refractivity contribution in [1.29, 1.82) is 0 Å². The molecule has 3 rings (SSSR count). The van der Waals surface area contributed by atoms with Gasteiger partial charge in [-0.3, -0.25) is 9.69 Å². The standard InChI is InChI=1S/C16H24N4O2/c1-11-9-13-15(14(21)10-11)12(2)18-16(19-13)17-3-4-20-5-7-22-8-6-20/h11H,3-10H2,1-2H3,(H,17,18,19)/t11-/m1/s1. The van der Waals surface area contributed by atoms with Gasteiger partial charge in [0.2, 0.25) is 5.95 Å². The van der Waals surface area contributed by atoms with Crippen molar-refractivity contribution in [3.8, 4) is 0 Å². The molecule has 1 atom stereocenters. The number of aryl methyl sites for hydroxylation is 1. The molecule has 120 valence electrons. The van der Waals surface area contributed by atoms with Crippen molar-refractivity contribution in [3.63, 3.8) is 0 Å². The van der Waals surface area contributed by atoms with Crippen LogP contribution in [-0.2, 0) is 11.2 Å². The van der Waals surface area contributed by atoms with Crippen molar-refractivity contribution < 1.29 is 9.53 Å². The highest BCUT2D eigenvalue weighted by atomic mass is 16.5. The van der Waals surface area contributed by atoms with Crippen LogP contribution in [0.15, 0.2) is 0 Å². The highest BCUT2D eigenvalue weighted by Crippen LogP contribution is 2.26. The van der Waals surface area contributed by atoms with Crippen LogP contribution in [0.5, 0.6) is 0 Å². The molecule has 0 spiro atoms. The number of Topliss-reactive ketones (excluding diaryl/α,β-unsaturated/α-hetero) is 1. The first kappa shape index (κ1) is 15.4. The SMILES string of the molecule is Cc1nc(NCCN2CCOCC2)nc2c1C(=O)C[C@H](C)C2. The Bertz CT molecular complexity index is 555. The first-order chi connectivity index (χ1) is 10.6. The van der Waals surface area contributed by atoms with Gasteiger partial charge in [-0.2, -0.15) is 0 Å². The molecule has 2 heterocycles. The lowest BCUT2D eigenvalue weighted by atomic mass is 9.86. The van der Waals surface area contributed by atoms with Crippen LogP contribution in [0.4, 0.5) is 5.95 Å². The van der Waals surface area contributed by atoms with Gasteiger partial charge in [0, 0.05) is 32.6 Å². The number of carbonyl (C=O) groups is 1. The lowest BCUT2D eigenvalue weighted by Gasteiger charge is -2.26. The maximum absolute atomic E-state index is 12.1. The van der Waals surface area contributed by atoms with E-state index in [0.717, 1.165) is 62.8 Å². The Hall–Kier alpha value is -1.53. The smallest absolute Gasteiger partial charge is 0.223 e. The average Bonchev–Trinajstić information content (AvgIpc) is 2.47. The fraction of sp³-hybridized carbons (Fsp3) is 0.688. The maximum atomic E-state index is 12.1. The van der Waals surface area contributed by atoms with Crippen LogP contribution in [0.2, 0.25) is 0 Å². The Labute approximate surface area is 131 Å². The summed E-state index contributed by atoms with van der Waals surface area (Å²) < 4.78 is 5.34. The number of rotatable bonds is 4. The van der Waals surface area contributed by atoms with E-state index in [1.165, 1.54) is 0 Å². The first-order valence-electron chi connectivity index (χ1n) is 8.08. The number of carbonyl (C=O) groups excluding carboxylic acids is 1. The van der Waals surface area contributed by atoms with Crippen LogP contribution >= 0.6 is 0 Å². The van der Waals surface area contributed by atoms with E-state index in [2.05, 4.69) is 27.1 Å². The van der Waals surface area contributed by atoms with Gasteiger partial charge in [-0.05, 0) is 19.3 Å². The summed E-state index contributed by atoms with van der Waals surface area (Å²) in [6, 6.07) is 0. The minimum absolute atomic E-state index is 0.186. The topological polar surface area (TPSA) is 67.3 Å². The molecule has 0 amide bonds. The lowest BCUT2D eigenvalue weighted by molar-refractivity contribution is 0.0398. The summed E-state index contributed by atoms with van der Waals surface area (Å²) in [6.45, 7) is 9.36. The van der Waals surface area contributed by atoms with E-state index in [-0.39, 0.29) is 5.78 Å². The molecule has 0 saturated carbocycles. The molecule has 1 fully saturated rings. The predicted octanol–water partition coefficient (Wildman–Crippen LogP) is 1.29. The van der Waals surface area contributed by atoms with Crippen LogP contribution in [0, 0.1) is 12.8 Å². The molecule has 1 aromatic rings. The average molecular weight is 304 g/mol. The number of aromatic nitrogens is 2. The van der Waals surface area contributed by atoms with Gasteiger partial charge in [-0.1, -0.05) is 6.92 Å². The Morgan fingerprint density at radius 3 is 2.82 bits per heavy atom. The van der Waals surface area contributed by atoms with E-state index in [1.54, 1.807) is 0 Å². The zero-order chi connectivity index (χ0) is 15.5. The number of nitrogens with zero attached hydrogens (tertiary/aromatic N) is 3. The van der Waals surface area contributed by atoms with Crippen molar-refractivity contribution in [2.75, 3.05) is 44.7 Å². The summed E-state index contributed by atoms with van der Waals surface area (Å²) in [5, 5.41) is 3.30. The van der Waals surface area contributed by atoms with Gasteiger partial charge >= 0.3 is 0 Å². The second kappa shape index (κ2) is 6.71. The molecule has 1 N–H and O–H groups in total. The van der Waals surface area contributed by atoms with E-state index in [1.807, 2.05) is 6.92 Å². The second-order valence-electron chi connectivity index (χ2n) is 6.27. The highest BCUT2D eigenvalue weighted by molar-refractivity contribution is 5.99. The quantitative estimate of drug-likeness (QED) is 0.904. The minimum Gasteiger partial charge on any atom is -0.379 e. The maximum Gasteiger partial charge on any atom is 0.223 e. The number of fused-ring (bicyclic) bond motifs is 1. The summed E-state index contributed by atoms with van der Waals surface area (Å²) in [7, 11) is 0.